The van der Waals surface area contributed by atoms with Crippen LogP contribution in [-0.2, 0) is 30.8 Å². The molecule has 5 rings (SSSR count). The van der Waals surface area contributed by atoms with Gasteiger partial charge in [0.2, 0.25) is 10.0 Å². The minimum Gasteiger partial charge on any atom is -0.490 e. The number of nitrogens with one attached hydrogen (secondary N) is 1. The van der Waals surface area contributed by atoms with Crippen molar-refractivity contribution in [2.45, 2.75) is 59.7 Å². The van der Waals surface area contributed by atoms with Crippen LogP contribution in [0.2, 0.25) is 0 Å². The second-order valence-corrected chi connectivity index (χ2v) is 14.0. The van der Waals surface area contributed by atoms with E-state index in [0.717, 1.165) is 24.3 Å². The molecule has 1 aliphatic carbocycles. The van der Waals surface area contributed by atoms with Crippen LogP contribution < -0.4 is 9.46 Å². The first-order valence-electron chi connectivity index (χ1n) is 11.8. The fourth-order valence-corrected chi connectivity index (χ4v) is 10.5. The first-order valence-corrected chi connectivity index (χ1v) is 14.8. The van der Waals surface area contributed by atoms with Crippen molar-refractivity contribution < 1.29 is 43.5 Å². The molecule has 0 bridgehead atoms. The Morgan fingerprint density at radius 1 is 1.08 bits per heavy atom. The molecule has 1 saturated carbocycles. The van der Waals surface area contributed by atoms with E-state index in [1.807, 2.05) is 0 Å². The van der Waals surface area contributed by atoms with E-state index in [1.165, 1.54) is 0 Å². The van der Waals surface area contributed by atoms with Crippen LogP contribution >= 0.6 is 0 Å². The van der Waals surface area contributed by atoms with Gasteiger partial charge >= 0.3 is 6.18 Å². The zero-order chi connectivity index (χ0) is 27.0. The maximum Gasteiger partial charge on any atom is 0.416 e. The summed E-state index contributed by atoms with van der Waals surface area (Å²) < 4.78 is 130. The number of sulfonamides is 1. The molecule has 0 amide bonds. The molecule has 2 fully saturated rings. The summed E-state index contributed by atoms with van der Waals surface area (Å²) in [5, 5.41) is -0.822. The minimum absolute atomic E-state index is 0.00604. The number of alkyl halides is 3. The second kappa shape index (κ2) is 8.63. The number of ether oxygens (including phenoxy) is 1. The van der Waals surface area contributed by atoms with E-state index in [0.29, 0.717) is 12.1 Å². The van der Waals surface area contributed by atoms with Crippen LogP contribution in [-0.4, -0.2) is 34.7 Å². The average molecular weight is 566 g/mol. The first kappa shape index (κ1) is 26.4. The van der Waals surface area contributed by atoms with Crippen molar-refractivity contribution in [2.24, 2.45) is 11.8 Å². The number of hydrogen-bond donors (Lipinski definition) is 1. The molecule has 202 valence electrons. The van der Waals surface area contributed by atoms with Crippen LogP contribution in [0.3, 0.4) is 0 Å². The molecule has 1 N–H and O–H groups in total. The number of benzene rings is 2. The van der Waals surface area contributed by atoms with E-state index in [4.69, 9.17) is 4.74 Å². The summed E-state index contributed by atoms with van der Waals surface area (Å²) in [5.74, 6) is -4.11. The van der Waals surface area contributed by atoms with Crippen LogP contribution in [0.4, 0.5) is 22.0 Å². The number of rotatable bonds is 3. The molecule has 5 atom stereocenters. The highest BCUT2D eigenvalue weighted by Gasteiger charge is 2.64. The zero-order valence-corrected chi connectivity index (χ0v) is 21.2. The van der Waals surface area contributed by atoms with E-state index >= 15 is 4.39 Å². The third kappa shape index (κ3) is 3.87. The van der Waals surface area contributed by atoms with Crippen LogP contribution in [0, 0.1) is 23.5 Å². The highest BCUT2D eigenvalue weighted by Crippen LogP contribution is 2.59. The van der Waals surface area contributed by atoms with Crippen molar-refractivity contribution in [1.29, 1.82) is 0 Å². The van der Waals surface area contributed by atoms with Crippen molar-refractivity contribution in [3.8, 4) is 5.75 Å². The maximum absolute atomic E-state index is 15.5. The number of hydrogen-bond acceptors (Lipinski definition) is 5. The van der Waals surface area contributed by atoms with Gasteiger partial charge in [-0.05, 0) is 68.0 Å². The lowest BCUT2D eigenvalue weighted by Crippen LogP contribution is -2.63. The Morgan fingerprint density at radius 3 is 2.35 bits per heavy atom. The largest absolute Gasteiger partial charge is 0.490 e. The van der Waals surface area contributed by atoms with E-state index < -0.39 is 87.3 Å². The van der Waals surface area contributed by atoms with Gasteiger partial charge in [-0.1, -0.05) is 6.92 Å². The average Bonchev–Trinajstić information content (AvgIpc) is 2.84. The summed E-state index contributed by atoms with van der Waals surface area (Å²) in [4.78, 5) is -0.469. The molecule has 0 aromatic heterocycles. The fourth-order valence-electron chi connectivity index (χ4n) is 6.31. The second-order valence-electron chi connectivity index (χ2n) is 9.80. The molecule has 0 radical (unpaired) electrons. The number of sulfone groups is 1. The van der Waals surface area contributed by atoms with Crippen LogP contribution in [0.1, 0.15) is 43.7 Å². The molecular weight excluding hydrogens is 541 g/mol. The van der Waals surface area contributed by atoms with E-state index in [-0.39, 0.29) is 32.3 Å². The van der Waals surface area contributed by atoms with Gasteiger partial charge in [-0.15, -0.1) is 0 Å². The van der Waals surface area contributed by atoms with Gasteiger partial charge in [0.25, 0.3) is 0 Å². The standard InChI is InChI=1S/C24H24F5NO5S2/c1-2-14-11-16-17-12-35-22-19(26)8-7-18(25)21(22)23(17,10-9-20(16)30-37(14,33)34)36(31,32)15-5-3-13(4-6-15)24(27,28)29/h3-8,14,16-17,20,30H,2,9-12H2,1H3/t14-,16+,17+,20-,23+/m1/s1. The Hall–Kier alpha value is -2.25. The molecule has 6 nitrogen and oxygen atoms in total. The summed E-state index contributed by atoms with van der Waals surface area (Å²) in [6.45, 7) is 1.35. The molecule has 2 aromatic carbocycles. The van der Waals surface area contributed by atoms with Gasteiger partial charge in [0.15, 0.2) is 21.4 Å². The van der Waals surface area contributed by atoms with Gasteiger partial charge < -0.3 is 4.74 Å². The van der Waals surface area contributed by atoms with E-state index in [1.54, 1.807) is 6.92 Å². The first-order chi connectivity index (χ1) is 17.2. The molecular formula is C24H24F5NO5S2. The SMILES string of the molecule is CC[C@@H]1C[C@@H]2[C@@H](CC[C@@]3(S(=O)(=O)c4ccc(C(F)(F)F)cc4)c4c(F)ccc(F)c4OC[C@@H]23)NS1(=O)=O. The summed E-state index contributed by atoms with van der Waals surface area (Å²) >= 11 is 0. The Kier molecular flexibility index (Phi) is 6.15. The van der Waals surface area contributed by atoms with Gasteiger partial charge in [-0.3, -0.25) is 0 Å². The molecule has 3 aliphatic rings. The zero-order valence-electron chi connectivity index (χ0n) is 19.6. The van der Waals surface area contributed by atoms with Crippen molar-refractivity contribution in [2.75, 3.05) is 6.61 Å². The topological polar surface area (TPSA) is 89.5 Å². The van der Waals surface area contributed by atoms with Gasteiger partial charge in [0, 0.05) is 12.0 Å². The van der Waals surface area contributed by atoms with Crippen molar-refractivity contribution in [3.63, 3.8) is 0 Å². The Bertz CT molecular complexity index is 1440. The Balaban J connectivity index is 1.72. The Labute approximate surface area is 211 Å². The molecule has 2 heterocycles. The summed E-state index contributed by atoms with van der Waals surface area (Å²) in [6.07, 6.45) is -4.63. The van der Waals surface area contributed by atoms with E-state index in [2.05, 4.69) is 4.72 Å². The van der Waals surface area contributed by atoms with Gasteiger partial charge in [0.1, 0.15) is 10.6 Å². The monoisotopic (exact) mass is 565 g/mol. The lowest BCUT2D eigenvalue weighted by molar-refractivity contribution is -0.137. The van der Waals surface area contributed by atoms with Crippen molar-refractivity contribution in [1.82, 2.24) is 4.72 Å². The molecule has 2 aromatic rings. The van der Waals surface area contributed by atoms with Crippen LogP contribution in [0.5, 0.6) is 5.75 Å². The normalized spacial score (nSPS) is 31.0. The predicted molar refractivity (Wildman–Crippen MR) is 123 cm³/mol. The summed E-state index contributed by atoms with van der Waals surface area (Å²) in [7, 11) is -8.30. The molecule has 1 saturated heterocycles. The smallest absolute Gasteiger partial charge is 0.416 e. The van der Waals surface area contributed by atoms with Gasteiger partial charge in [-0.25, -0.2) is 30.3 Å². The number of halogens is 5. The quantitative estimate of drug-likeness (QED) is 0.552. The molecule has 0 spiro atoms. The molecule has 13 heteroatoms. The van der Waals surface area contributed by atoms with Crippen LogP contribution in [0.15, 0.2) is 41.3 Å². The van der Waals surface area contributed by atoms with Gasteiger partial charge in [0.05, 0.1) is 27.9 Å². The van der Waals surface area contributed by atoms with Crippen molar-refractivity contribution in [3.05, 3.63) is 59.2 Å². The van der Waals surface area contributed by atoms with Crippen molar-refractivity contribution >= 4 is 19.9 Å². The highest BCUT2D eigenvalue weighted by molar-refractivity contribution is 7.92. The number of fused-ring (bicyclic) bond motifs is 5. The third-order valence-electron chi connectivity index (χ3n) is 8.06. The molecule has 2 aliphatic heterocycles. The highest BCUT2D eigenvalue weighted by atomic mass is 32.2. The summed E-state index contributed by atoms with van der Waals surface area (Å²) in [6, 6.07) is 3.88. The lowest BCUT2D eigenvalue weighted by atomic mass is 9.64. The lowest BCUT2D eigenvalue weighted by Gasteiger charge is -2.54. The van der Waals surface area contributed by atoms with E-state index in [9.17, 15) is 34.4 Å². The predicted octanol–water partition coefficient (Wildman–Crippen LogP) is 4.54. The maximum atomic E-state index is 15.5. The summed E-state index contributed by atoms with van der Waals surface area (Å²) in [5.41, 5.74) is -1.55. The Morgan fingerprint density at radius 2 is 1.73 bits per heavy atom. The van der Waals surface area contributed by atoms with Crippen LogP contribution in [0.25, 0.3) is 0 Å². The fraction of sp³-hybridized carbons (Fsp3) is 0.500. The molecule has 37 heavy (non-hydrogen) atoms. The molecule has 0 unspecified atom stereocenters. The van der Waals surface area contributed by atoms with Gasteiger partial charge in [-0.2, -0.15) is 13.2 Å². The third-order valence-corrected chi connectivity index (χ3v) is 12.7. The minimum atomic E-state index is -4.70.